The first-order chi connectivity index (χ1) is 17.6. The molecule has 0 radical (unpaired) electrons. The van der Waals surface area contributed by atoms with Gasteiger partial charge in [-0.25, -0.2) is 4.39 Å². The summed E-state index contributed by atoms with van der Waals surface area (Å²) < 4.78 is 15.4. The molecule has 0 aromatic heterocycles. The van der Waals surface area contributed by atoms with Crippen LogP contribution < -0.4 is 4.90 Å². The molecule has 0 saturated heterocycles. The van der Waals surface area contributed by atoms with Gasteiger partial charge < -0.3 is 5.11 Å². The van der Waals surface area contributed by atoms with Crippen LogP contribution in [-0.4, -0.2) is 16.7 Å². The Hall–Kier alpha value is -3.99. The van der Waals surface area contributed by atoms with E-state index >= 15 is 4.39 Å². The third kappa shape index (κ3) is 4.39. The van der Waals surface area contributed by atoms with Crippen molar-refractivity contribution >= 4 is 23.1 Å². The van der Waals surface area contributed by atoms with Crippen LogP contribution in [0.25, 0.3) is 5.76 Å². The molecule has 5 rings (SSSR count). The van der Waals surface area contributed by atoms with E-state index in [9.17, 15) is 15.3 Å². The zero-order valence-electron chi connectivity index (χ0n) is 21.6. The smallest absolute Gasteiger partial charge is 0.162 e. The minimum absolute atomic E-state index is 0.0428. The lowest BCUT2D eigenvalue weighted by molar-refractivity contribution is -0.118. The maximum absolute atomic E-state index is 15.4. The van der Waals surface area contributed by atoms with Crippen molar-refractivity contribution in [2.24, 2.45) is 5.41 Å². The van der Waals surface area contributed by atoms with Gasteiger partial charge in [0.15, 0.2) is 5.78 Å². The third-order valence-corrected chi connectivity index (χ3v) is 7.28. The molecule has 5 heteroatoms. The number of anilines is 1. The molecule has 0 spiro atoms. The zero-order valence-corrected chi connectivity index (χ0v) is 21.6. The fraction of sp³-hybridized carbons (Fsp3) is 0.250. The second kappa shape index (κ2) is 9.15. The summed E-state index contributed by atoms with van der Waals surface area (Å²) in [5.41, 5.74) is 4.64. The van der Waals surface area contributed by atoms with Gasteiger partial charge in [-0.1, -0.05) is 74.0 Å². The number of allylic oxidation sites excluding steroid dienone is 2. The van der Waals surface area contributed by atoms with E-state index in [1.165, 1.54) is 6.07 Å². The normalized spacial score (nSPS) is 20.7. The van der Waals surface area contributed by atoms with E-state index < -0.39 is 11.7 Å². The van der Waals surface area contributed by atoms with E-state index in [1.54, 1.807) is 35.2 Å². The summed E-state index contributed by atoms with van der Waals surface area (Å²) in [5, 5.41) is 21.1. The Morgan fingerprint density at radius 1 is 0.973 bits per heavy atom. The Morgan fingerprint density at radius 3 is 2.35 bits per heavy atom. The monoisotopic (exact) mass is 494 g/mol. The summed E-state index contributed by atoms with van der Waals surface area (Å²) in [6.45, 7) is 8.02. The van der Waals surface area contributed by atoms with Gasteiger partial charge in [-0.3, -0.25) is 15.1 Å². The largest absolute Gasteiger partial charge is 0.507 e. The maximum Gasteiger partial charge on any atom is 0.162 e. The Morgan fingerprint density at radius 2 is 1.68 bits per heavy atom. The van der Waals surface area contributed by atoms with Crippen molar-refractivity contribution in [1.82, 2.24) is 0 Å². The molecule has 2 aliphatic rings. The summed E-state index contributed by atoms with van der Waals surface area (Å²) >= 11 is 0. The van der Waals surface area contributed by atoms with Crippen LogP contribution >= 0.6 is 0 Å². The fourth-order valence-corrected chi connectivity index (χ4v) is 5.55. The van der Waals surface area contributed by atoms with Crippen molar-refractivity contribution in [2.75, 3.05) is 4.90 Å². The van der Waals surface area contributed by atoms with Gasteiger partial charge in [-0.15, -0.1) is 0 Å². The van der Waals surface area contributed by atoms with Crippen LogP contribution in [0.15, 0.2) is 89.6 Å². The number of nitrogens with one attached hydrogen (secondary N) is 1. The first kappa shape index (κ1) is 24.7. The van der Waals surface area contributed by atoms with Crippen molar-refractivity contribution in [3.63, 3.8) is 0 Å². The van der Waals surface area contributed by atoms with Gasteiger partial charge in [0, 0.05) is 46.0 Å². The lowest BCUT2D eigenvalue weighted by Crippen LogP contribution is -2.45. The molecule has 37 heavy (non-hydrogen) atoms. The number of halogens is 1. The highest BCUT2D eigenvalue weighted by Crippen LogP contribution is 2.51. The van der Waals surface area contributed by atoms with Gasteiger partial charge in [0.1, 0.15) is 17.4 Å². The number of ketones is 1. The van der Waals surface area contributed by atoms with E-state index in [0.29, 0.717) is 29.7 Å². The highest BCUT2D eigenvalue weighted by atomic mass is 19.1. The van der Waals surface area contributed by atoms with Crippen molar-refractivity contribution in [2.45, 2.75) is 46.5 Å². The Balaban J connectivity index is 1.87. The number of hydrogen-bond acceptors (Lipinski definition) is 3. The molecule has 4 nitrogen and oxygen atoms in total. The van der Waals surface area contributed by atoms with Crippen LogP contribution in [0.5, 0.6) is 0 Å². The van der Waals surface area contributed by atoms with Gasteiger partial charge in [0.25, 0.3) is 0 Å². The summed E-state index contributed by atoms with van der Waals surface area (Å²) in [5.74, 6) is -1.53. The molecule has 188 valence electrons. The van der Waals surface area contributed by atoms with E-state index in [0.717, 1.165) is 16.8 Å². The number of aliphatic hydroxyl groups excluding tert-OH is 1. The molecule has 1 heterocycles. The number of benzene rings is 3. The molecular formula is C32H31FN2O2. The number of rotatable bonds is 3. The van der Waals surface area contributed by atoms with E-state index in [-0.39, 0.29) is 33.9 Å². The third-order valence-electron chi connectivity index (χ3n) is 7.28. The van der Waals surface area contributed by atoms with E-state index in [2.05, 4.69) is 0 Å². The topological polar surface area (TPSA) is 64.4 Å². The zero-order chi connectivity index (χ0) is 26.5. The molecule has 0 amide bonds. The van der Waals surface area contributed by atoms with Gasteiger partial charge >= 0.3 is 0 Å². The lowest BCUT2D eigenvalue weighted by atomic mass is 9.67. The Labute approximate surface area is 217 Å². The van der Waals surface area contributed by atoms with Crippen molar-refractivity contribution < 1.29 is 14.3 Å². The first-order valence-corrected chi connectivity index (χ1v) is 12.5. The minimum atomic E-state index is -0.894. The first-order valence-electron chi connectivity index (χ1n) is 12.5. The molecule has 2 N–H and O–H groups in total. The molecule has 3 aromatic rings. The number of amidine groups is 1. The van der Waals surface area contributed by atoms with Gasteiger partial charge in [-0.05, 0) is 49.4 Å². The highest BCUT2D eigenvalue weighted by molar-refractivity contribution is 6.19. The number of nitrogens with zero attached hydrogens (tertiary/aromatic N) is 1. The van der Waals surface area contributed by atoms with Crippen LogP contribution in [0.4, 0.5) is 10.1 Å². The summed E-state index contributed by atoms with van der Waals surface area (Å²) in [6.07, 6.45) is 0.859. The quantitative estimate of drug-likeness (QED) is 0.368. The average Bonchev–Trinajstić information content (AvgIpc) is 2.83. The molecule has 0 fully saturated rings. The standard InChI is InChI=1S/C32H31FN2O2/c1-19-12-14-21(15-13-19)30(37)29-27(23-10-5-6-11-24(23)33)28-25(17-32(3,4)18-26(28)36)35(31(29)34)22-9-7-8-20(2)16-22/h5-16,27,34,37H,17-18H2,1-4H3/b30-29+,34-31?. The second-order valence-corrected chi connectivity index (χ2v) is 10.9. The predicted molar refractivity (Wildman–Crippen MR) is 146 cm³/mol. The minimum Gasteiger partial charge on any atom is -0.507 e. The number of carbonyl (C=O) groups excluding carboxylic acids is 1. The molecule has 0 bridgehead atoms. The SMILES string of the molecule is Cc1ccc(/C(O)=C2\C(=N)N(c3cccc(C)c3)C3=C(C(=O)CC(C)(C)C3)C2c2ccccc2F)cc1. The van der Waals surface area contributed by atoms with Crippen LogP contribution in [0.1, 0.15) is 54.9 Å². The van der Waals surface area contributed by atoms with Gasteiger partial charge in [-0.2, -0.15) is 0 Å². The molecule has 1 atom stereocenters. The predicted octanol–water partition coefficient (Wildman–Crippen LogP) is 7.64. The van der Waals surface area contributed by atoms with Gasteiger partial charge in [0.05, 0.1) is 0 Å². The molecule has 1 aliphatic heterocycles. The van der Waals surface area contributed by atoms with Crippen molar-refractivity contribution in [3.05, 3.63) is 118 Å². The molecular weight excluding hydrogens is 463 g/mol. The number of carbonyl (C=O) groups is 1. The van der Waals surface area contributed by atoms with Crippen LogP contribution in [0.2, 0.25) is 0 Å². The second-order valence-electron chi connectivity index (χ2n) is 10.9. The van der Waals surface area contributed by atoms with Crippen LogP contribution in [-0.2, 0) is 4.79 Å². The number of aliphatic hydroxyl groups is 1. The summed E-state index contributed by atoms with van der Waals surface area (Å²) in [7, 11) is 0. The fourth-order valence-electron chi connectivity index (χ4n) is 5.55. The highest BCUT2D eigenvalue weighted by Gasteiger charge is 2.47. The number of aryl methyl sites for hydroxylation is 2. The molecule has 0 saturated carbocycles. The Bertz CT molecular complexity index is 1480. The lowest BCUT2D eigenvalue weighted by Gasteiger charge is -2.45. The van der Waals surface area contributed by atoms with E-state index in [1.807, 2.05) is 64.1 Å². The average molecular weight is 495 g/mol. The Kier molecular flexibility index (Phi) is 6.10. The molecule has 3 aromatic carbocycles. The van der Waals surface area contributed by atoms with Crippen LogP contribution in [0, 0.1) is 30.5 Å². The van der Waals surface area contributed by atoms with E-state index in [4.69, 9.17) is 0 Å². The van der Waals surface area contributed by atoms with Crippen LogP contribution in [0.3, 0.4) is 0 Å². The molecule has 1 unspecified atom stereocenters. The maximum atomic E-state index is 15.4. The van der Waals surface area contributed by atoms with Gasteiger partial charge in [0.2, 0.25) is 0 Å². The molecule has 1 aliphatic carbocycles. The summed E-state index contributed by atoms with van der Waals surface area (Å²) in [6, 6.07) is 21.5. The van der Waals surface area contributed by atoms with Crippen molar-refractivity contribution in [3.8, 4) is 0 Å². The number of Topliss-reactive ketones (excluding diaryl/α,β-unsaturated/α-hetero) is 1. The number of hydrogen-bond donors (Lipinski definition) is 2. The summed E-state index contributed by atoms with van der Waals surface area (Å²) in [4.78, 5) is 15.6. The van der Waals surface area contributed by atoms with Crippen molar-refractivity contribution in [1.29, 1.82) is 5.41 Å².